The van der Waals surface area contributed by atoms with Crippen molar-refractivity contribution >= 4 is 11.7 Å². The molecule has 0 bridgehead atoms. The number of anilines is 1. The lowest BCUT2D eigenvalue weighted by Crippen LogP contribution is -2.36. The monoisotopic (exact) mass is 295 g/mol. The van der Waals surface area contributed by atoms with Crippen LogP contribution in [0.15, 0.2) is 36.5 Å². The van der Waals surface area contributed by atoms with Gasteiger partial charge in [0, 0.05) is 18.8 Å². The Bertz CT molecular complexity index is 669. The fourth-order valence-corrected chi connectivity index (χ4v) is 2.79. The number of benzene rings is 1. The van der Waals surface area contributed by atoms with Crippen LogP contribution in [0.3, 0.4) is 0 Å². The van der Waals surface area contributed by atoms with Crippen LogP contribution in [0.25, 0.3) is 0 Å². The lowest BCUT2D eigenvalue weighted by Gasteiger charge is -2.21. The van der Waals surface area contributed by atoms with Gasteiger partial charge in [-0.25, -0.2) is 4.79 Å². The van der Waals surface area contributed by atoms with Crippen LogP contribution >= 0.6 is 0 Å². The van der Waals surface area contributed by atoms with Crippen LogP contribution < -0.4 is 5.32 Å². The van der Waals surface area contributed by atoms with Crippen molar-refractivity contribution < 1.29 is 4.79 Å². The molecule has 2 aromatic rings. The molecule has 0 saturated heterocycles. The normalized spacial score (nSPS) is 14.2. The summed E-state index contributed by atoms with van der Waals surface area (Å²) in [5, 5.41) is 2.96. The third-order valence-electron chi connectivity index (χ3n) is 4.30. The van der Waals surface area contributed by atoms with E-state index in [4.69, 9.17) is 0 Å². The molecule has 1 aliphatic rings. The summed E-state index contributed by atoms with van der Waals surface area (Å²) in [5.41, 5.74) is 5.54. The zero-order chi connectivity index (χ0) is 15.5. The number of nitrogens with one attached hydrogen (secondary N) is 1. The highest BCUT2D eigenvalue weighted by molar-refractivity contribution is 5.89. The minimum Gasteiger partial charge on any atom is -0.324 e. The molecule has 1 aromatic carbocycles. The van der Waals surface area contributed by atoms with Gasteiger partial charge in [0.25, 0.3) is 0 Å². The number of pyridine rings is 1. The van der Waals surface area contributed by atoms with Gasteiger partial charge >= 0.3 is 6.03 Å². The van der Waals surface area contributed by atoms with Crippen molar-refractivity contribution in [3.05, 3.63) is 58.9 Å². The molecule has 114 valence electrons. The van der Waals surface area contributed by atoms with Crippen molar-refractivity contribution in [1.29, 1.82) is 0 Å². The highest BCUT2D eigenvalue weighted by Gasteiger charge is 2.18. The third-order valence-corrected chi connectivity index (χ3v) is 4.30. The predicted octanol–water partition coefficient (Wildman–Crippen LogP) is 3.33. The zero-order valence-electron chi connectivity index (χ0n) is 13.1. The molecule has 3 rings (SSSR count). The molecule has 0 spiro atoms. The lowest BCUT2D eigenvalue weighted by molar-refractivity contribution is 0.214. The standard InChI is InChI=1S/C18H21N3O/c1-13-11-17(12-19-14(13)2)20-18(22)21-9-7-15-5-3-4-6-16(15)8-10-21/h3-6,11-12H,7-10H2,1-2H3,(H,20,22). The van der Waals surface area contributed by atoms with Gasteiger partial charge in [-0.3, -0.25) is 4.98 Å². The van der Waals surface area contributed by atoms with Crippen molar-refractivity contribution in [2.24, 2.45) is 0 Å². The Morgan fingerprint density at radius 3 is 2.36 bits per heavy atom. The zero-order valence-corrected chi connectivity index (χ0v) is 13.1. The van der Waals surface area contributed by atoms with Crippen molar-refractivity contribution in [3.8, 4) is 0 Å². The van der Waals surface area contributed by atoms with E-state index >= 15 is 0 Å². The average Bonchev–Trinajstić information content (AvgIpc) is 2.73. The largest absolute Gasteiger partial charge is 0.324 e. The predicted molar refractivity (Wildman–Crippen MR) is 88.2 cm³/mol. The summed E-state index contributed by atoms with van der Waals surface area (Å²) in [7, 11) is 0. The highest BCUT2D eigenvalue weighted by atomic mass is 16.2. The highest BCUT2D eigenvalue weighted by Crippen LogP contribution is 2.17. The van der Waals surface area contributed by atoms with E-state index in [9.17, 15) is 4.79 Å². The van der Waals surface area contributed by atoms with E-state index in [1.807, 2.05) is 24.8 Å². The number of rotatable bonds is 1. The molecule has 2 heterocycles. The number of aromatic nitrogens is 1. The maximum atomic E-state index is 12.5. The minimum absolute atomic E-state index is 0.0436. The molecule has 0 unspecified atom stereocenters. The molecule has 0 atom stereocenters. The van der Waals surface area contributed by atoms with Gasteiger partial charge in [0.2, 0.25) is 0 Å². The van der Waals surface area contributed by atoms with Gasteiger partial charge < -0.3 is 10.2 Å². The number of aryl methyl sites for hydroxylation is 2. The molecule has 4 heteroatoms. The van der Waals surface area contributed by atoms with E-state index in [-0.39, 0.29) is 6.03 Å². The van der Waals surface area contributed by atoms with Crippen LogP contribution in [0.2, 0.25) is 0 Å². The number of carbonyl (C=O) groups is 1. The first-order valence-corrected chi connectivity index (χ1v) is 7.69. The lowest BCUT2D eigenvalue weighted by atomic mass is 10.0. The van der Waals surface area contributed by atoms with Crippen molar-refractivity contribution in [2.75, 3.05) is 18.4 Å². The summed E-state index contributed by atoms with van der Waals surface area (Å²) in [5.74, 6) is 0. The summed E-state index contributed by atoms with van der Waals surface area (Å²) < 4.78 is 0. The van der Waals surface area contributed by atoms with E-state index in [0.29, 0.717) is 0 Å². The van der Waals surface area contributed by atoms with Crippen LogP contribution in [-0.2, 0) is 12.8 Å². The second-order valence-corrected chi connectivity index (χ2v) is 5.81. The Kier molecular flexibility index (Phi) is 4.09. The minimum atomic E-state index is -0.0436. The van der Waals surface area contributed by atoms with Gasteiger partial charge in [-0.2, -0.15) is 0 Å². The van der Waals surface area contributed by atoms with Crippen LogP contribution in [0.4, 0.5) is 10.5 Å². The van der Waals surface area contributed by atoms with Gasteiger partial charge in [0.15, 0.2) is 0 Å². The molecule has 22 heavy (non-hydrogen) atoms. The molecule has 0 radical (unpaired) electrons. The molecule has 1 aromatic heterocycles. The van der Waals surface area contributed by atoms with Crippen LogP contribution in [0.5, 0.6) is 0 Å². The topological polar surface area (TPSA) is 45.2 Å². The number of hydrogen-bond acceptors (Lipinski definition) is 2. The maximum Gasteiger partial charge on any atom is 0.321 e. The van der Waals surface area contributed by atoms with E-state index in [0.717, 1.165) is 42.9 Å². The van der Waals surface area contributed by atoms with Crippen LogP contribution in [0.1, 0.15) is 22.4 Å². The van der Waals surface area contributed by atoms with E-state index in [1.165, 1.54) is 11.1 Å². The summed E-state index contributed by atoms with van der Waals surface area (Å²) >= 11 is 0. The Hall–Kier alpha value is -2.36. The average molecular weight is 295 g/mol. The number of hydrogen-bond donors (Lipinski definition) is 1. The first-order valence-electron chi connectivity index (χ1n) is 7.69. The van der Waals surface area contributed by atoms with Gasteiger partial charge in [-0.15, -0.1) is 0 Å². The second-order valence-electron chi connectivity index (χ2n) is 5.81. The molecule has 0 saturated carbocycles. The Morgan fingerprint density at radius 1 is 1.14 bits per heavy atom. The number of nitrogens with zero attached hydrogens (tertiary/aromatic N) is 2. The first-order chi connectivity index (χ1) is 10.6. The van der Waals surface area contributed by atoms with Gasteiger partial charge in [0.1, 0.15) is 0 Å². The molecule has 4 nitrogen and oxygen atoms in total. The SMILES string of the molecule is Cc1cc(NC(=O)N2CCc3ccccc3CC2)cnc1C. The molecule has 2 amide bonds. The smallest absolute Gasteiger partial charge is 0.321 e. The van der Waals surface area contributed by atoms with Crippen LogP contribution in [0, 0.1) is 13.8 Å². The molecule has 0 aliphatic carbocycles. The quantitative estimate of drug-likeness (QED) is 0.877. The number of fused-ring (bicyclic) bond motifs is 1. The summed E-state index contributed by atoms with van der Waals surface area (Å²) in [6, 6.07) is 10.4. The fraction of sp³-hybridized carbons (Fsp3) is 0.333. The maximum absolute atomic E-state index is 12.5. The van der Waals surface area contributed by atoms with Gasteiger partial charge in [-0.05, 0) is 49.4 Å². The second kappa shape index (κ2) is 6.18. The summed E-state index contributed by atoms with van der Waals surface area (Å²) in [4.78, 5) is 18.6. The number of amides is 2. The first kappa shape index (κ1) is 14.6. The van der Waals surface area contributed by atoms with Crippen molar-refractivity contribution in [1.82, 2.24) is 9.88 Å². The Labute approximate surface area is 131 Å². The molecule has 1 N–H and O–H groups in total. The van der Waals surface area contributed by atoms with Crippen molar-refractivity contribution in [2.45, 2.75) is 26.7 Å². The van der Waals surface area contributed by atoms with E-state index < -0.39 is 0 Å². The van der Waals surface area contributed by atoms with E-state index in [2.05, 4.69) is 34.6 Å². The van der Waals surface area contributed by atoms with Gasteiger partial charge in [-0.1, -0.05) is 24.3 Å². The summed E-state index contributed by atoms with van der Waals surface area (Å²) in [6.45, 7) is 5.47. The number of carbonyl (C=O) groups excluding carboxylic acids is 1. The van der Waals surface area contributed by atoms with Crippen molar-refractivity contribution in [3.63, 3.8) is 0 Å². The number of urea groups is 1. The van der Waals surface area contributed by atoms with Gasteiger partial charge in [0.05, 0.1) is 11.9 Å². The molecule has 1 aliphatic heterocycles. The molecular formula is C18H21N3O. The van der Waals surface area contributed by atoms with Crippen LogP contribution in [-0.4, -0.2) is 29.0 Å². The molecular weight excluding hydrogens is 274 g/mol. The summed E-state index contributed by atoms with van der Waals surface area (Å²) in [6.07, 6.45) is 3.54. The third kappa shape index (κ3) is 3.11. The Balaban J connectivity index is 1.67. The Morgan fingerprint density at radius 2 is 1.77 bits per heavy atom. The molecule has 0 fully saturated rings. The van der Waals surface area contributed by atoms with E-state index in [1.54, 1.807) is 6.20 Å². The fourth-order valence-electron chi connectivity index (χ4n) is 2.79.